The summed E-state index contributed by atoms with van der Waals surface area (Å²) < 4.78 is 0. The fourth-order valence-electron chi connectivity index (χ4n) is 0.882. The van der Waals surface area contributed by atoms with Crippen molar-refractivity contribution in [1.29, 1.82) is 0 Å². The predicted molar refractivity (Wildman–Crippen MR) is 53.9 cm³/mol. The Hall–Kier alpha value is -0.796. The maximum Gasteiger partial charge on any atom is 0.412 e. The number of hydrogen-bond donors (Lipinski definition) is 2. The molecule has 0 saturated carbocycles. The van der Waals surface area contributed by atoms with Gasteiger partial charge in [-0.05, 0) is 0 Å². The van der Waals surface area contributed by atoms with E-state index in [1.54, 1.807) is 24.3 Å². The van der Waals surface area contributed by atoms with E-state index in [1.807, 2.05) is 30.3 Å². The van der Waals surface area contributed by atoms with Gasteiger partial charge in [0.15, 0.2) is 0 Å². The number of hydrogen-bond acceptors (Lipinski definition) is 2. The molecule has 0 radical (unpaired) electrons. The Labute approximate surface area is 94.6 Å². The van der Waals surface area contributed by atoms with Gasteiger partial charge in [-0.1, -0.05) is 0 Å². The van der Waals surface area contributed by atoms with E-state index in [-0.39, 0.29) is 17.1 Å². The van der Waals surface area contributed by atoms with Crippen molar-refractivity contribution in [2.75, 3.05) is 0 Å². The molecule has 0 atom stereocenters. The third kappa shape index (κ3) is 5.05. The molecule has 0 amide bonds. The van der Waals surface area contributed by atoms with Gasteiger partial charge in [-0.15, -0.1) is 5.46 Å². The van der Waals surface area contributed by atoms with E-state index in [9.17, 15) is 0 Å². The molecular formula is C10H11BFeO2-2. The van der Waals surface area contributed by atoms with Crippen LogP contribution in [0.1, 0.15) is 0 Å². The molecule has 0 aliphatic rings. The van der Waals surface area contributed by atoms with Gasteiger partial charge >= 0.3 is 7.12 Å². The predicted octanol–water partition coefficient (Wildman–Crippen LogP) is 0.488. The molecule has 2 nitrogen and oxygen atoms in total. The summed E-state index contributed by atoms with van der Waals surface area (Å²) in [7, 11) is -1.31. The van der Waals surface area contributed by atoms with Crippen LogP contribution in [0.3, 0.4) is 0 Å². The Morgan fingerprint density at radius 1 is 0.929 bits per heavy atom. The summed E-state index contributed by atoms with van der Waals surface area (Å²) in [5.74, 6) is 0. The van der Waals surface area contributed by atoms with Gasteiger partial charge in [-0.3, -0.25) is 0 Å². The fourth-order valence-corrected chi connectivity index (χ4v) is 0.882. The van der Waals surface area contributed by atoms with Crippen LogP contribution >= 0.6 is 0 Å². The van der Waals surface area contributed by atoms with E-state index in [0.717, 1.165) is 0 Å². The molecule has 14 heavy (non-hydrogen) atoms. The first-order valence-electron chi connectivity index (χ1n) is 4.05. The van der Waals surface area contributed by atoms with Gasteiger partial charge in [-0.25, -0.2) is 24.3 Å². The Bertz CT molecular complexity index is 273. The molecule has 0 aliphatic heterocycles. The molecule has 0 fully saturated rings. The van der Waals surface area contributed by atoms with Crippen molar-refractivity contribution in [3.63, 3.8) is 0 Å². The minimum absolute atomic E-state index is 0. The smallest absolute Gasteiger partial charge is 0.412 e. The van der Waals surface area contributed by atoms with Gasteiger partial charge in [-0.2, -0.15) is 30.3 Å². The van der Waals surface area contributed by atoms with Gasteiger partial charge in [0.25, 0.3) is 0 Å². The van der Waals surface area contributed by atoms with Gasteiger partial charge in [0.05, 0.1) is 0 Å². The van der Waals surface area contributed by atoms with Crippen LogP contribution in [0, 0.1) is 0 Å². The molecule has 0 aromatic heterocycles. The van der Waals surface area contributed by atoms with Crippen molar-refractivity contribution in [2.45, 2.75) is 0 Å². The van der Waals surface area contributed by atoms with Crippen molar-refractivity contribution in [1.82, 2.24) is 0 Å². The summed E-state index contributed by atoms with van der Waals surface area (Å²) in [5, 5.41) is 16.9. The molecule has 0 aliphatic carbocycles. The van der Waals surface area contributed by atoms with Crippen molar-refractivity contribution in [3.8, 4) is 0 Å². The molecule has 76 valence electrons. The van der Waals surface area contributed by atoms with Crippen molar-refractivity contribution in [2.24, 2.45) is 0 Å². The van der Waals surface area contributed by atoms with Crippen LogP contribution < -0.4 is 5.46 Å². The summed E-state index contributed by atoms with van der Waals surface area (Å²) in [6.45, 7) is 0. The molecule has 2 aromatic carbocycles. The standard InChI is InChI=1S/C5H6BO2.C5H5.Fe/c7-6(8)5-3-1-2-4-5;1-2-4-5-3-1;/h1-4,7-8H;1-5H;/q2*-1;. The Kier molecular flexibility index (Phi) is 7.16. The Balaban J connectivity index is 0.000000246. The molecular weight excluding hydrogens is 219 g/mol. The third-order valence-electron chi connectivity index (χ3n) is 1.54. The monoisotopic (exact) mass is 230 g/mol. The first-order valence-corrected chi connectivity index (χ1v) is 4.05. The van der Waals surface area contributed by atoms with Crippen LogP contribution in [-0.2, 0) is 17.1 Å². The summed E-state index contributed by atoms with van der Waals surface area (Å²) in [5.41, 5.74) is 0.546. The van der Waals surface area contributed by atoms with E-state index < -0.39 is 7.12 Å². The third-order valence-corrected chi connectivity index (χ3v) is 1.54. The van der Waals surface area contributed by atoms with Crippen molar-refractivity contribution >= 4 is 12.6 Å². The average Bonchev–Trinajstić information content (AvgIpc) is 2.82. The second-order valence-electron chi connectivity index (χ2n) is 2.55. The maximum atomic E-state index is 8.47. The molecule has 2 rings (SSSR count). The molecule has 0 unspecified atom stereocenters. The van der Waals surface area contributed by atoms with E-state index in [1.165, 1.54) is 0 Å². The Morgan fingerprint density at radius 3 is 1.64 bits per heavy atom. The summed E-state index contributed by atoms with van der Waals surface area (Å²) in [6.07, 6.45) is 0. The van der Waals surface area contributed by atoms with Crippen LogP contribution in [0.2, 0.25) is 0 Å². The van der Waals surface area contributed by atoms with Crippen LogP contribution in [0.4, 0.5) is 0 Å². The van der Waals surface area contributed by atoms with Crippen LogP contribution in [0.5, 0.6) is 0 Å². The molecule has 0 saturated heterocycles. The summed E-state index contributed by atoms with van der Waals surface area (Å²) >= 11 is 0. The van der Waals surface area contributed by atoms with Gasteiger partial charge in [0, 0.05) is 17.1 Å². The second kappa shape index (κ2) is 7.59. The van der Waals surface area contributed by atoms with E-state index in [2.05, 4.69) is 0 Å². The quantitative estimate of drug-likeness (QED) is 0.552. The van der Waals surface area contributed by atoms with E-state index in [4.69, 9.17) is 10.0 Å². The van der Waals surface area contributed by atoms with E-state index in [0.29, 0.717) is 5.46 Å². The largest absolute Gasteiger partial charge is 0.434 e. The first-order chi connectivity index (χ1) is 6.30. The zero-order chi connectivity index (χ0) is 9.52. The average molecular weight is 230 g/mol. The van der Waals surface area contributed by atoms with E-state index >= 15 is 0 Å². The molecule has 0 spiro atoms. The van der Waals surface area contributed by atoms with Gasteiger partial charge in [0.1, 0.15) is 0 Å². The van der Waals surface area contributed by atoms with Crippen LogP contribution in [0.25, 0.3) is 0 Å². The molecule has 0 bridgehead atoms. The summed E-state index contributed by atoms with van der Waals surface area (Å²) in [6, 6.07) is 16.8. The van der Waals surface area contributed by atoms with Gasteiger partial charge in [0.2, 0.25) is 0 Å². The summed E-state index contributed by atoms with van der Waals surface area (Å²) in [4.78, 5) is 0. The second-order valence-corrected chi connectivity index (χ2v) is 2.55. The molecule has 4 heteroatoms. The molecule has 2 N–H and O–H groups in total. The minimum Gasteiger partial charge on any atom is -0.434 e. The van der Waals surface area contributed by atoms with Crippen LogP contribution in [-0.4, -0.2) is 17.2 Å². The molecule has 0 heterocycles. The zero-order valence-electron chi connectivity index (χ0n) is 7.52. The SMILES string of the molecule is OB(O)[c-]1cccc1.[Fe].c1cc[cH-]c1. The number of rotatable bonds is 1. The first kappa shape index (κ1) is 13.2. The minimum atomic E-state index is -1.31. The zero-order valence-corrected chi connectivity index (χ0v) is 8.63. The fraction of sp³-hybridized carbons (Fsp3) is 0. The maximum absolute atomic E-state index is 8.47. The Morgan fingerprint density at radius 2 is 1.43 bits per heavy atom. The normalized spacial score (nSPS) is 8.14. The topological polar surface area (TPSA) is 40.5 Å². The van der Waals surface area contributed by atoms with Crippen molar-refractivity contribution < 1.29 is 27.1 Å². The van der Waals surface area contributed by atoms with Crippen LogP contribution in [0.15, 0.2) is 54.6 Å². The van der Waals surface area contributed by atoms with Crippen molar-refractivity contribution in [3.05, 3.63) is 54.6 Å². The van der Waals surface area contributed by atoms with Gasteiger partial charge < -0.3 is 10.0 Å². The molecule has 2 aromatic rings.